The topological polar surface area (TPSA) is 62.7 Å². The summed E-state index contributed by atoms with van der Waals surface area (Å²) in [5.74, 6) is 0. The van der Waals surface area contributed by atoms with E-state index < -0.39 is 10.0 Å². The minimum Gasteiger partial charge on any atom is -0.375 e. The van der Waals surface area contributed by atoms with E-state index in [1.54, 1.807) is 10.5 Å². The number of fused-ring (bicyclic) bond motifs is 1. The maximum Gasteiger partial charge on any atom is 0.217 e. The van der Waals surface area contributed by atoms with E-state index in [0.717, 1.165) is 44.5 Å². The molecule has 0 aromatic carbocycles. The molecule has 1 saturated carbocycles. The predicted octanol–water partition coefficient (Wildman–Crippen LogP) is 1.24. The molecule has 3 heterocycles. The van der Waals surface area contributed by atoms with E-state index in [1.165, 1.54) is 0 Å². The Hall–Kier alpha value is -1.18. The zero-order valence-electron chi connectivity index (χ0n) is 13.2. The van der Waals surface area contributed by atoms with Crippen molar-refractivity contribution < 1.29 is 13.2 Å². The molecule has 2 atom stereocenters. The minimum atomic E-state index is -3.14. The molecule has 1 aliphatic carbocycles. The van der Waals surface area contributed by atoms with Gasteiger partial charge in [0.15, 0.2) is 0 Å². The normalized spacial score (nSPS) is 29.8. The van der Waals surface area contributed by atoms with E-state index in [2.05, 4.69) is 16.0 Å². The van der Waals surface area contributed by atoms with Crippen LogP contribution in [-0.2, 0) is 14.8 Å². The monoisotopic (exact) mass is 337 g/mol. The van der Waals surface area contributed by atoms with Crippen LogP contribution in [0.1, 0.15) is 25.7 Å². The van der Waals surface area contributed by atoms with Gasteiger partial charge in [-0.1, -0.05) is 0 Å². The predicted molar refractivity (Wildman–Crippen MR) is 87.9 cm³/mol. The van der Waals surface area contributed by atoms with Crippen LogP contribution in [0.15, 0.2) is 24.5 Å². The molecule has 1 aromatic rings. The van der Waals surface area contributed by atoms with E-state index in [4.69, 9.17) is 4.74 Å². The van der Waals surface area contributed by atoms with Crippen molar-refractivity contribution in [3.05, 3.63) is 24.5 Å². The van der Waals surface area contributed by atoms with Gasteiger partial charge in [-0.05, 0) is 37.8 Å². The van der Waals surface area contributed by atoms with Gasteiger partial charge >= 0.3 is 0 Å². The molecule has 2 saturated heterocycles. The van der Waals surface area contributed by atoms with Crippen LogP contribution in [0, 0.1) is 0 Å². The molecule has 1 aromatic heterocycles. The van der Waals surface area contributed by atoms with Crippen molar-refractivity contribution in [1.82, 2.24) is 9.29 Å². The van der Waals surface area contributed by atoms with E-state index in [0.29, 0.717) is 13.2 Å². The zero-order valence-corrected chi connectivity index (χ0v) is 14.0. The molecule has 0 amide bonds. The van der Waals surface area contributed by atoms with Crippen LogP contribution >= 0.6 is 0 Å². The Labute approximate surface area is 137 Å². The van der Waals surface area contributed by atoms with Crippen LogP contribution in [0.4, 0.5) is 5.69 Å². The second-order valence-electron chi connectivity index (χ2n) is 6.61. The van der Waals surface area contributed by atoms with Gasteiger partial charge in [0.05, 0.1) is 35.9 Å². The smallest absolute Gasteiger partial charge is 0.217 e. The van der Waals surface area contributed by atoms with Gasteiger partial charge in [-0.2, -0.15) is 4.31 Å². The van der Waals surface area contributed by atoms with Crippen LogP contribution in [0.2, 0.25) is 0 Å². The number of hydrogen-bond donors (Lipinski definition) is 0. The summed E-state index contributed by atoms with van der Waals surface area (Å²) < 4.78 is 33.1. The number of morpholine rings is 1. The fourth-order valence-corrected chi connectivity index (χ4v) is 5.78. The number of pyridine rings is 1. The molecule has 6 nitrogen and oxygen atoms in total. The van der Waals surface area contributed by atoms with Crippen LogP contribution in [0.3, 0.4) is 0 Å². The maximum atomic E-state index is 12.7. The summed E-state index contributed by atoms with van der Waals surface area (Å²) >= 11 is 0. The molecular weight excluding hydrogens is 314 g/mol. The summed E-state index contributed by atoms with van der Waals surface area (Å²) in [4.78, 5) is 6.48. The molecule has 0 bridgehead atoms. The summed E-state index contributed by atoms with van der Waals surface area (Å²) in [5, 5.41) is -0.140. The van der Waals surface area contributed by atoms with Crippen molar-refractivity contribution in [2.45, 2.75) is 43.1 Å². The van der Waals surface area contributed by atoms with Gasteiger partial charge in [-0.3, -0.25) is 4.98 Å². The number of hydrogen-bond acceptors (Lipinski definition) is 5. The third-order valence-electron chi connectivity index (χ3n) is 5.10. The second kappa shape index (κ2) is 6.03. The Morgan fingerprint density at radius 1 is 1.13 bits per heavy atom. The number of sulfonamides is 1. The first-order chi connectivity index (χ1) is 11.2. The highest BCUT2D eigenvalue weighted by atomic mass is 32.2. The molecule has 0 radical (unpaired) electrons. The SMILES string of the molecule is O=S(=O)(C1CC1)N1CCO[C@@H]2CCN(c3cccnc3)CC[C@H]21. The Morgan fingerprint density at radius 2 is 1.96 bits per heavy atom. The molecule has 7 heteroatoms. The molecule has 0 N–H and O–H groups in total. The highest BCUT2D eigenvalue weighted by Gasteiger charge is 2.46. The van der Waals surface area contributed by atoms with Gasteiger partial charge in [0.25, 0.3) is 0 Å². The van der Waals surface area contributed by atoms with E-state index in [1.807, 2.05) is 12.3 Å². The Balaban J connectivity index is 1.53. The van der Waals surface area contributed by atoms with Crippen molar-refractivity contribution in [2.75, 3.05) is 31.1 Å². The molecule has 2 aliphatic heterocycles. The lowest BCUT2D eigenvalue weighted by Gasteiger charge is -2.39. The van der Waals surface area contributed by atoms with Crippen LogP contribution in [-0.4, -0.2) is 61.3 Å². The highest BCUT2D eigenvalue weighted by Crippen LogP contribution is 2.35. The summed E-state index contributed by atoms with van der Waals surface area (Å²) in [6, 6.07) is 3.98. The lowest BCUT2D eigenvalue weighted by atomic mass is 10.0. The van der Waals surface area contributed by atoms with Crippen LogP contribution in [0.25, 0.3) is 0 Å². The van der Waals surface area contributed by atoms with Gasteiger partial charge in [0.2, 0.25) is 10.0 Å². The molecule has 23 heavy (non-hydrogen) atoms. The Bertz CT molecular complexity index is 648. The maximum absolute atomic E-state index is 12.7. The average Bonchev–Trinajstić information content (AvgIpc) is 3.42. The lowest BCUT2D eigenvalue weighted by molar-refractivity contribution is -0.0406. The van der Waals surface area contributed by atoms with E-state index in [9.17, 15) is 8.42 Å². The quantitative estimate of drug-likeness (QED) is 0.830. The van der Waals surface area contributed by atoms with Crippen LogP contribution < -0.4 is 4.90 Å². The molecule has 3 fully saturated rings. The summed E-state index contributed by atoms with van der Waals surface area (Å²) in [6.45, 7) is 2.74. The van der Waals surface area contributed by atoms with Gasteiger partial charge in [0, 0.05) is 25.8 Å². The van der Waals surface area contributed by atoms with Crippen molar-refractivity contribution >= 4 is 15.7 Å². The molecule has 126 valence electrons. The van der Waals surface area contributed by atoms with Crippen molar-refractivity contribution in [3.8, 4) is 0 Å². The molecule has 0 spiro atoms. The molecule has 4 rings (SSSR count). The van der Waals surface area contributed by atoms with Gasteiger partial charge < -0.3 is 9.64 Å². The van der Waals surface area contributed by atoms with Gasteiger partial charge in [-0.25, -0.2) is 8.42 Å². The summed E-state index contributed by atoms with van der Waals surface area (Å²) in [5.41, 5.74) is 1.10. The number of aromatic nitrogens is 1. The Kier molecular flexibility index (Phi) is 4.03. The first-order valence-electron chi connectivity index (χ1n) is 8.43. The number of rotatable bonds is 3. The standard InChI is InChI=1S/C16H23N3O3S/c20-23(21,14-3-4-14)19-10-11-22-16-6-9-18(8-5-15(16)19)13-2-1-7-17-12-13/h1-2,7,12,14-16H,3-6,8-11H2/t15-,16-/m1/s1. The molecule has 0 unspecified atom stereocenters. The first-order valence-corrected chi connectivity index (χ1v) is 9.94. The van der Waals surface area contributed by atoms with Gasteiger partial charge in [0.1, 0.15) is 0 Å². The van der Waals surface area contributed by atoms with E-state index >= 15 is 0 Å². The third-order valence-corrected chi connectivity index (χ3v) is 7.53. The first kappa shape index (κ1) is 15.4. The van der Waals surface area contributed by atoms with Gasteiger partial charge in [-0.15, -0.1) is 0 Å². The fourth-order valence-electron chi connectivity index (χ4n) is 3.72. The number of anilines is 1. The largest absolute Gasteiger partial charge is 0.375 e. The third kappa shape index (κ3) is 2.97. The van der Waals surface area contributed by atoms with Crippen molar-refractivity contribution in [3.63, 3.8) is 0 Å². The van der Waals surface area contributed by atoms with Crippen molar-refractivity contribution in [2.24, 2.45) is 0 Å². The molecular formula is C16H23N3O3S. The zero-order chi connectivity index (χ0) is 15.9. The fraction of sp³-hybridized carbons (Fsp3) is 0.688. The van der Waals surface area contributed by atoms with Crippen LogP contribution in [0.5, 0.6) is 0 Å². The van der Waals surface area contributed by atoms with E-state index in [-0.39, 0.29) is 17.4 Å². The molecule has 3 aliphatic rings. The minimum absolute atomic E-state index is 0.0129. The number of nitrogens with zero attached hydrogens (tertiary/aromatic N) is 3. The lowest BCUT2D eigenvalue weighted by Crippen LogP contribution is -2.54. The summed E-state index contributed by atoms with van der Waals surface area (Å²) in [7, 11) is -3.14. The van der Waals surface area contributed by atoms with Crippen molar-refractivity contribution in [1.29, 1.82) is 0 Å². The Morgan fingerprint density at radius 3 is 2.70 bits per heavy atom. The second-order valence-corrected chi connectivity index (χ2v) is 8.77. The average molecular weight is 337 g/mol. The summed E-state index contributed by atoms with van der Waals surface area (Å²) in [6.07, 6.45) is 6.96. The number of ether oxygens (including phenoxy) is 1. The highest BCUT2D eigenvalue weighted by molar-refractivity contribution is 7.90.